The van der Waals surface area contributed by atoms with Gasteiger partial charge in [-0.15, -0.1) is 13.2 Å². The van der Waals surface area contributed by atoms with Gasteiger partial charge in [0, 0.05) is 6.07 Å². The summed E-state index contributed by atoms with van der Waals surface area (Å²) in [6.07, 6.45) is 4.33. The first-order valence-corrected chi connectivity index (χ1v) is 7.95. The van der Waals surface area contributed by atoms with Crippen molar-refractivity contribution in [1.82, 2.24) is 0 Å². The fourth-order valence-corrected chi connectivity index (χ4v) is 2.35. The van der Waals surface area contributed by atoms with Crippen LogP contribution in [0.3, 0.4) is 0 Å². The maximum Gasteiger partial charge on any atom is 0.342 e. The summed E-state index contributed by atoms with van der Waals surface area (Å²) >= 11 is 0. The Morgan fingerprint density at radius 3 is 2.62 bits per heavy atom. The van der Waals surface area contributed by atoms with E-state index in [0.29, 0.717) is 18.4 Å². The minimum atomic E-state index is -0.821. The molecule has 0 aliphatic heterocycles. The molecule has 5 heteroatoms. The lowest BCUT2D eigenvalue weighted by Crippen LogP contribution is -2.28. The van der Waals surface area contributed by atoms with E-state index in [0.717, 1.165) is 12.8 Å². The third-order valence-electron chi connectivity index (χ3n) is 3.69. The number of carbonyl (C=O) groups is 1. The second kappa shape index (κ2) is 9.78. The summed E-state index contributed by atoms with van der Waals surface area (Å²) < 4.78 is 10.6. The average molecular weight is 334 g/mol. The molecule has 0 radical (unpaired) electrons. The Morgan fingerprint density at radius 1 is 1.33 bits per heavy atom. The van der Waals surface area contributed by atoms with Crippen molar-refractivity contribution in [2.45, 2.75) is 44.8 Å². The summed E-state index contributed by atoms with van der Waals surface area (Å²) in [5.41, 5.74) is 0.918. The molecule has 0 saturated carbocycles. The predicted molar refractivity (Wildman–Crippen MR) is 93.5 cm³/mol. The van der Waals surface area contributed by atoms with Gasteiger partial charge in [-0.25, -0.2) is 4.79 Å². The number of methoxy groups -OCH3 is 1. The van der Waals surface area contributed by atoms with Gasteiger partial charge in [-0.05, 0) is 44.2 Å². The molecule has 0 aliphatic rings. The monoisotopic (exact) mass is 334 g/mol. The first-order valence-electron chi connectivity index (χ1n) is 7.95. The van der Waals surface area contributed by atoms with Crippen molar-refractivity contribution in [3.63, 3.8) is 0 Å². The van der Waals surface area contributed by atoms with Crippen LogP contribution in [0.25, 0.3) is 0 Å². The van der Waals surface area contributed by atoms with Gasteiger partial charge in [0.1, 0.15) is 23.2 Å². The van der Waals surface area contributed by atoms with Gasteiger partial charge in [-0.1, -0.05) is 12.2 Å². The number of rotatable bonds is 10. The van der Waals surface area contributed by atoms with Crippen molar-refractivity contribution in [2.75, 3.05) is 7.11 Å². The number of carbonyl (C=O) groups excluding carboxylic acids is 1. The lowest BCUT2D eigenvalue weighted by Gasteiger charge is -2.20. The molecule has 0 saturated heterocycles. The van der Waals surface area contributed by atoms with Crippen LogP contribution in [-0.2, 0) is 11.2 Å². The van der Waals surface area contributed by atoms with E-state index >= 15 is 0 Å². The molecule has 1 aromatic carbocycles. The summed E-state index contributed by atoms with van der Waals surface area (Å²) in [5.74, 6) is -0.313. The highest BCUT2D eigenvalue weighted by Gasteiger charge is 2.24. The summed E-state index contributed by atoms with van der Waals surface area (Å²) in [6, 6.07) is 2.91. The van der Waals surface area contributed by atoms with Crippen molar-refractivity contribution in [1.29, 1.82) is 0 Å². The first kappa shape index (κ1) is 19.8. The van der Waals surface area contributed by atoms with Gasteiger partial charge in [-0.3, -0.25) is 0 Å². The molecule has 24 heavy (non-hydrogen) atoms. The number of hydrogen-bond donors (Lipinski definition) is 2. The van der Waals surface area contributed by atoms with Gasteiger partial charge in [-0.2, -0.15) is 0 Å². The van der Waals surface area contributed by atoms with Gasteiger partial charge in [0.25, 0.3) is 0 Å². The SMILES string of the molecule is C=CCCCc1cc(O)cc(OC)c1C(=O)O[C@H](C)[C@@H](O)CC=C. The van der Waals surface area contributed by atoms with E-state index in [-0.39, 0.29) is 17.1 Å². The lowest BCUT2D eigenvalue weighted by molar-refractivity contribution is -0.00983. The summed E-state index contributed by atoms with van der Waals surface area (Å²) in [4.78, 5) is 12.6. The molecule has 5 nitrogen and oxygen atoms in total. The van der Waals surface area contributed by atoms with Crippen molar-refractivity contribution < 1.29 is 24.5 Å². The van der Waals surface area contributed by atoms with Crippen molar-refractivity contribution in [2.24, 2.45) is 0 Å². The van der Waals surface area contributed by atoms with E-state index in [2.05, 4.69) is 13.2 Å². The average Bonchev–Trinajstić information content (AvgIpc) is 2.54. The zero-order valence-corrected chi connectivity index (χ0v) is 14.3. The van der Waals surface area contributed by atoms with E-state index in [9.17, 15) is 15.0 Å². The number of phenols is 1. The standard InChI is InChI=1S/C19H26O5/c1-5-7-8-10-14-11-15(20)12-17(23-4)18(14)19(22)24-13(3)16(21)9-6-2/h5-6,11-13,16,20-21H,1-2,7-10H2,3-4H3/t13-,16+/m1/s1. The molecule has 2 atom stereocenters. The Balaban J connectivity index is 3.07. The molecule has 0 spiro atoms. The summed E-state index contributed by atoms with van der Waals surface area (Å²) in [5, 5.41) is 19.7. The van der Waals surface area contributed by atoms with Crippen molar-refractivity contribution in [3.8, 4) is 11.5 Å². The van der Waals surface area contributed by atoms with Gasteiger partial charge in [0.15, 0.2) is 0 Å². The highest BCUT2D eigenvalue weighted by molar-refractivity contribution is 5.94. The summed E-state index contributed by atoms with van der Waals surface area (Å²) in [7, 11) is 1.43. The van der Waals surface area contributed by atoms with Crippen LogP contribution < -0.4 is 4.74 Å². The largest absolute Gasteiger partial charge is 0.508 e. The molecule has 1 rings (SSSR count). The van der Waals surface area contributed by atoms with E-state index in [1.54, 1.807) is 19.1 Å². The van der Waals surface area contributed by atoms with Gasteiger partial charge < -0.3 is 19.7 Å². The molecule has 0 fully saturated rings. The van der Waals surface area contributed by atoms with E-state index < -0.39 is 18.2 Å². The van der Waals surface area contributed by atoms with Crippen molar-refractivity contribution >= 4 is 5.97 Å². The lowest BCUT2D eigenvalue weighted by atomic mass is 10.00. The van der Waals surface area contributed by atoms with Crippen molar-refractivity contribution in [3.05, 3.63) is 48.6 Å². The van der Waals surface area contributed by atoms with Gasteiger partial charge >= 0.3 is 5.97 Å². The maximum atomic E-state index is 12.6. The first-order chi connectivity index (χ1) is 11.4. The Hall–Kier alpha value is -2.27. The molecule has 132 valence electrons. The number of ether oxygens (including phenoxy) is 2. The molecule has 0 aliphatic carbocycles. The fourth-order valence-electron chi connectivity index (χ4n) is 2.35. The molecular formula is C19H26O5. The topological polar surface area (TPSA) is 76.0 Å². The molecule has 0 unspecified atom stereocenters. The zero-order chi connectivity index (χ0) is 18.1. The second-order valence-corrected chi connectivity index (χ2v) is 5.57. The van der Waals surface area contributed by atoms with Crippen LogP contribution in [0.15, 0.2) is 37.4 Å². The van der Waals surface area contributed by atoms with Crippen LogP contribution in [-0.4, -0.2) is 35.5 Å². The minimum absolute atomic E-state index is 0.0248. The number of aryl methyl sites for hydroxylation is 1. The fraction of sp³-hybridized carbons (Fsp3) is 0.421. The number of aliphatic hydroxyl groups is 1. The Bertz CT molecular complexity index is 579. The highest BCUT2D eigenvalue weighted by atomic mass is 16.6. The Labute approximate surface area is 143 Å². The van der Waals surface area contributed by atoms with Gasteiger partial charge in [0.2, 0.25) is 0 Å². The van der Waals surface area contributed by atoms with Crippen LogP contribution in [0.5, 0.6) is 11.5 Å². The predicted octanol–water partition coefficient (Wildman–Crippen LogP) is 3.39. The number of aliphatic hydroxyl groups excluding tert-OH is 1. The van der Waals surface area contributed by atoms with E-state index in [1.807, 2.05) is 0 Å². The quantitative estimate of drug-likeness (QED) is 0.390. The van der Waals surface area contributed by atoms with Gasteiger partial charge in [0.05, 0.1) is 13.2 Å². The Kier molecular flexibility index (Phi) is 8.06. The van der Waals surface area contributed by atoms with E-state index in [4.69, 9.17) is 9.47 Å². The molecule has 2 N–H and O–H groups in total. The Morgan fingerprint density at radius 2 is 2.04 bits per heavy atom. The summed E-state index contributed by atoms with van der Waals surface area (Å²) in [6.45, 7) is 8.85. The number of benzene rings is 1. The second-order valence-electron chi connectivity index (χ2n) is 5.57. The molecule has 0 bridgehead atoms. The normalized spacial score (nSPS) is 13.0. The number of hydrogen-bond acceptors (Lipinski definition) is 5. The number of phenolic OH excluding ortho intramolecular Hbond substituents is 1. The molecular weight excluding hydrogens is 308 g/mol. The number of allylic oxidation sites excluding steroid dienone is 1. The highest BCUT2D eigenvalue weighted by Crippen LogP contribution is 2.30. The van der Waals surface area contributed by atoms with Crippen LogP contribution in [0, 0.1) is 0 Å². The number of esters is 1. The smallest absolute Gasteiger partial charge is 0.342 e. The molecule has 0 heterocycles. The third kappa shape index (κ3) is 5.42. The van der Waals surface area contributed by atoms with Crippen LogP contribution in [0.1, 0.15) is 42.1 Å². The number of aromatic hydroxyl groups is 1. The zero-order valence-electron chi connectivity index (χ0n) is 14.3. The minimum Gasteiger partial charge on any atom is -0.508 e. The molecule has 0 aromatic heterocycles. The maximum absolute atomic E-state index is 12.6. The molecule has 1 aromatic rings. The molecule has 0 amide bonds. The van der Waals surface area contributed by atoms with Crippen LogP contribution in [0.4, 0.5) is 0 Å². The number of unbranched alkanes of at least 4 members (excludes halogenated alkanes) is 1. The van der Waals surface area contributed by atoms with Crippen LogP contribution >= 0.6 is 0 Å². The van der Waals surface area contributed by atoms with E-state index in [1.165, 1.54) is 19.2 Å². The third-order valence-corrected chi connectivity index (χ3v) is 3.69. The van der Waals surface area contributed by atoms with Crippen LogP contribution in [0.2, 0.25) is 0 Å².